The summed E-state index contributed by atoms with van der Waals surface area (Å²) in [7, 11) is 0. The molecule has 1 amide bonds. The van der Waals surface area contributed by atoms with Gasteiger partial charge < -0.3 is 9.32 Å². The Labute approximate surface area is 168 Å². The molecule has 0 N–H and O–H groups in total. The summed E-state index contributed by atoms with van der Waals surface area (Å²) < 4.78 is 7.50. The van der Waals surface area contributed by atoms with Gasteiger partial charge in [-0.25, -0.2) is 0 Å². The number of amides is 1. The van der Waals surface area contributed by atoms with Gasteiger partial charge >= 0.3 is 0 Å². The molecule has 4 rings (SSSR count). The number of hydrogen-bond donors (Lipinski definition) is 0. The first-order valence-electron chi connectivity index (χ1n) is 9.58. The first-order chi connectivity index (χ1) is 13.6. The van der Waals surface area contributed by atoms with Crippen LogP contribution in [0.2, 0.25) is 0 Å². The summed E-state index contributed by atoms with van der Waals surface area (Å²) in [5, 5.41) is 9.37. The molecule has 6 nitrogen and oxygen atoms in total. The molecule has 3 aromatic rings. The molecule has 2 aromatic heterocycles. The fourth-order valence-corrected chi connectivity index (χ4v) is 4.34. The Hall–Kier alpha value is -2.54. The van der Waals surface area contributed by atoms with Crippen molar-refractivity contribution in [3.8, 4) is 17.3 Å². The van der Waals surface area contributed by atoms with Gasteiger partial charge in [0.15, 0.2) is 10.9 Å². The first-order valence-corrected chi connectivity index (χ1v) is 10.6. The smallest absolute Gasteiger partial charge is 0.233 e. The minimum Gasteiger partial charge on any atom is -0.461 e. The van der Waals surface area contributed by atoms with E-state index >= 15 is 0 Å². The summed E-state index contributed by atoms with van der Waals surface area (Å²) in [5.74, 6) is 2.38. The molecule has 7 heteroatoms. The Balaban J connectivity index is 1.58. The van der Waals surface area contributed by atoms with Crippen LogP contribution in [0.25, 0.3) is 17.3 Å². The molecule has 1 atom stereocenters. The normalized spacial score (nSPS) is 17.1. The number of thioether (sulfide) groups is 1. The number of hydrogen-bond acceptors (Lipinski definition) is 5. The molecule has 1 aromatic carbocycles. The number of aryl methyl sites for hydroxylation is 1. The number of benzene rings is 1. The molecule has 0 saturated carbocycles. The van der Waals surface area contributed by atoms with Crippen LogP contribution in [-0.2, 0) is 4.79 Å². The highest BCUT2D eigenvalue weighted by molar-refractivity contribution is 7.99. The molecule has 1 aliphatic rings. The topological polar surface area (TPSA) is 64.2 Å². The molecule has 1 aliphatic heterocycles. The molecule has 0 bridgehead atoms. The molecule has 28 heavy (non-hydrogen) atoms. The van der Waals surface area contributed by atoms with E-state index in [2.05, 4.69) is 36.2 Å². The Bertz CT molecular complexity index is 934. The second-order valence-electron chi connectivity index (χ2n) is 7.33. The van der Waals surface area contributed by atoms with Gasteiger partial charge in [-0.1, -0.05) is 36.4 Å². The highest BCUT2D eigenvalue weighted by atomic mass is 32.2. The van der Waals surface area contributed by atoms with Gasteiger partial charge in [0.05, 0.1) is 12.0 Å². The monoisotopic (exact) mass is 396 g/mol. The van der Waals surface area contributed by atoms with E-state index in [0.717, 1.165) is 25.2 Å². The van der Waals surface area contributed by atoms with Crippen LogP contribution in [-0.4, -0.2) is 44.4 Å². The van der Waals surface area contributed by atoms with Crippen LogP contribution in [0.5, 0.6) is 0 Å². The average Bonchev–Trinajstić information content (AvgIpc) is 3.36. The SMILES string of the molecule is Cc1ccc(-n2c(SCC(=O)N3CCC[C@@H](C)C3)nnc2-c2ccco2)cc1. The second kappa shape index (κ2) is 8.22. The van der Waals surface area contributed by atoms with Crippen LogP contribution >= 0.6 is 11.8 Å². The minimum absolute atomic E-state index is 0.162. The van der Waals surface area contributed by atoms with Crippen molar-refractivity contribution in [2.75, 3.05) is 18.8 Å². The molecule has 146 valence electrons. The van der Waals surface area contributed by atoms with Crippen molar-refractivity contribution in [2.24, 2.45) is 5.92 Å². The Morgan fingerprint density at radius 3 is 2.79 bits per heavy atom. The third kappa shape index (κ3) is 3.99. The lowest BCUT2D eigenvalue weighted by atomic mass is 10.0. The van der Waals surface area contributed by atoms with Crippen LogP contribution in [0.3, 0.4) is 0 Å². The highest BCUT2D eigenvalue weighted by Crippen LogP contribution is 2.29. The predicted molar refractivity (Wildman–Crippen MR) is 110 cm³/mol. The number of aromatic nitrogens is 3. The average molecular weight is 397 g/mol. The standard InChI is InChI=1S/C21H24N4O2S/c1-15-7-9-17(10-8-15)25-20(18-6-4-12-27-18)22-23-21(25)28-14-19(26)24-11-3-5-16(2)13-24/h4,6-10,12,16H,3,5,11,13-14H2,1-2H3/t16-/m1/s1. The number of piperidine rings is 1. The largest absolute Gasteiger partial charge is 0.461 e. The molecular weight excluding hydrogens is 372 g/mol. The summed E-state index contributed by atoms with van der Waals surface area (Å²) in [6.45, 7) is 5.96. The van der Waals surface area contributed by atoms with Crippen LogP contribution in [0.4, 0.5) is 0 Å². The number of nitrogens with zero attached hydrogens (tertiary/aromatic N) is 4. The van der Waals surface area contributed by atoms with Gasteiger partial charge in [-0.15, -0.1) is 10.2 Å². The van der Waals surface area contributed by atoms with Crippen LogP contribution in [0.1, 0.15) is 25.3 Å². The zero-order chi connectivity index (χ0) is 19.5. The lowest BCUT2D eigenvalue weighted by Gasteiger charge is -2.30. The number of rotatable bonds is 5. The molecule has 0 radical (unpaired) electrons. The third-order valence-electron chi connectivity index (χ3n) is 5.00. The third-order valence-corrected chi connectivity index (χ3v) is 5.92. The van der Waals surface area contributed by atoms with Gasteiger partial charge in [0, 0.05) is 18.8 Å². The van der Waals surface area contributed by atoms with Crippen molar-refractivity contribution in [1.29, 1.82) is 0 Å². The first kappa shape index (κ1) is 18.8. The highest BCUT2D eigenvalue weighted by Gasteiger charge is 2.23. The molecule has 0 aliphatic carbocycles. The van der Waals surface area contributed by atoms with E-state index in [9.17, 15) is 4.79 Å². The summed E-state index contributed by atoms with van der Waals surface area (Å²) >= 11 is 1.42. The van der Waals surface area contributed by atoms with Crippen molar-refractivity contribution >= 4 is 17.7 Å². The van der Waals surface area contributed by atoms with E-state index in [-0.39, 0.29) is 5.91 Å². The van der Waals surface area contributed by atoms with Gasteiger partial charge in [-0.05, 0) is 49.9 Å². The molecule has 0 unspecified atom stereocenters. The van der Waals surface area contributed by atoms with Crippen molar-refractivity contribution in [2.45, 2.75) is 31.8 Å². The Morgan fingerprint density at radius 1 is 1.25 bits per heavy atom. The molecule has 1 saturated heterocycles. The van der Waals surface area contributed by atoms with E-state index in [1.165, 1.54) is 23.7 Å². The molecular formula is C21H24N4O2S. The minimum atomic E-state index is 0.162. The van der Waals surface area contributed by atoms with Crippen LogP contribution < -0.4 is 0 Å². The van der Waals surface area contributed by atoms with Crippen molar-refractivity contribution in [3.63, 3.8) is 0 Å². The number of furan rings is 1. The maximum Gasteiger partial charge on any atom is 0.233 e. The lowest BCUT2D eigenvalue weighted by Crippen LogP contribution is -2.40. The van der Waals surface area contributed by atoms with Crippen molar-refractivity contribution < 1.29 is 9.21 Å². The lowest BCUT2D eigenvalue weighted by molar-refractivity contribution is -0.130. The number of carbonyl (C=O) groups is 1. The quantitative estimate of drug-likeness (QED) is 0.605. The summed E-state index contributed by atoms with van der Waals surface area (Å²) in [6, 6.07) is 11.9. The Morgan fingerprint density at radius 2 is 2.07 bits per heavy atom. The van der Waals surface area contributed by atoms with Gasteiger partial charge in [-0.3, -0.25) is 9.36 Å². The maximum atomic E-state index is 12.7. The molecule has 3 heterocycles. The number of carbonyl (C=O) groups excluding carboxylic acids is 1. The maximum absolute atomic E-state index is 12.7. The van der Waals surface area contributed by atoms with Gasteiger partial charge in [0.1, 0.15) is 0 Å². The zero-order valence-corrected chi connectivity index (χ0v) is 17.0. The zero-order valence-electron chi connectivity index (χ0n) is 16.2. The van der Waals surface area contributed by atoms with Crippen molar-refractivity contribution in [1.82, 2.24) is 19.7 Å². The fraction of sp³-hybridized carbons (Fsp3) is 0.381. The molecule has 1 fully saturated rings. The van der Waals surface area contributed by atoms with Gasteiger partial charge in [0.25, 0.3) is 0 Å². The van der Waals surface area contributed by atoms with E-state index in [1.54, 1.807) is 6.26 Å². The summed E-state index contributed by atoms with van der Waals surface area (Å²) in [5.41, 5.74) is 2.13. The van der Waals surface area contributed by atoms with Gasteiger partial charge in [0.2, 0.25) is 11.7 Å². The van der Waals surface area contributed by atoms with Gasteiger partial charge in [-0.2, -0.15) is 0 Å². The predicted octanol–water partition coefficient (Wildman–Crippen LogP) is 4.19. The van der Waals surface area contributed by atoms with Crippen LogP contribution in [0, 0.1) is 12.8 Å². The summed E-state index contributed by atoms with van der Waals surface area (Å²) in [6.07, 6.45) is 3.91. The van der Waals surface area contributed by atoms with E-state index in [4.69, 9.17) is 4.42 Å². The van der Waals surface area contributed by atoms with Crippen LogP contribution in [0.15, 0.2) is 52.2 Å². The van der Waals surface area contributed by atoms with E-state index in [0.29, 0.717) is 28.4 Å². The molecule has 0 spiro atoms. The van der Waals surface area contributed by atoms with E-state index < -0.39 is 0 Å². The van der Waals surface area contributed by atoms with E-state index in [1.807, 2.05) is 33.7 Å². The number of likely N-dealkylation sites (tertiary alicyclic amines) is 1. The summed E-state index contributed by atoms with van der Waals surface area (Å²) in [4.78, 5) is 14.6. The Kier molecular flexibility index (Phi) is 5.52. The fourth-order valence-electron chi connectivity index (χ4n) is 3.49. The van der Waals surface area contributed by atoms with Crippen molar-refractivity contribution in [3.05, 3.63) is 48.2 Å². The second-order valence-corrected chi connectivity index (χ2v) is 8.27.